The van der Waals surface area contributed by atoms with Crippen LogP contribution in [0, 0.1) is 0 Å². The maximum Gasteiger partial charge on any atom is 0.143 e. The van der Waals surface area contributed by atoms with Crippen LogP contribution >= 0.6 is 0 Å². The van der Waals surface area contributed by atoms with Gasteiger partial charge >= 0.3 is 0 Å². The maximum atomic E-state index is 5.21. The van der Waals surface area contributed by atoms with E-state index in [1.807, 2.05) is 0 Å². The fraction of sp³-hybridized carbons (Fsp3) is 0.556. The number of allylic oxidation sites excluding steroid dienone is 1. The van der Waals surface area contributed by atoms with Crippen LogP contribution in [0.1, 0.15) is 66.5 Å². The Morgan fingerprint density at radius 2 is 1.03 bits per heavy atom. The SMILES string of the molecule is C=C(C)N(CC)C1=c2cc3c(cc2C(N(CC)CC)=N1)=C(N(CC)CC)N=C3N(CC)CC. The second-order valence-corrected chi connectivity index (χ2v) is 8.46. The van der Waals surface area contributed by atoms with Gasteiger partial charge in [0.2, 0.25) is 0 Å². The van der Waals surface area contributed by atoms with Crippen molar-refractivity contribution in [2.24, 2.45) is 9.98 Å². The molecule has 3 rings (SSSR count). The summed E-state index contributed by atoms with van der Waals surface area (Å²) in [5.74, 6) is 4.22. The van der Waals surface area contributed by atoms with Crippen molar-refractivity contribution in [1.82, 2.24) is 19.6 Å². The quantitative estimate of drug-likeness (QED) is 0.549. The molecule has 2 aliphatic heterocycles. The maximum absolute atomic E-state index is 5.21. The second kappa shape index (κ2) is 10.4. The predicted molar refractivity (Wildman–Crippen MR) is 142 cm³/mol. The summed E-state index contributed by atoms with van der Waals surface area (Å²) in [6, 6.07) is 4.67. The summed E-state index contributed by atoms with van der Waals surface area (Å²) >= 11 is 0. The molecule has 0 aliphatic carbocycles. The van der Waals surface area contributed by atoms with Gasteiger partial charge in [0.15, 0.2) is 0 Å². The van der Waals surface area contributed by atoms with Crippen LogP contribution in [-0.2, 0) is 0 Å². The van der Waals surface area contributed by atoms with Crippen LogP contribution < -0.4 is 10.4 Å². The zero-order valence-corrected chi connectivity index (χ0v) is 22.0. The predicted octanol–water partition coefficient (Wildman–Crippen LogP) is 3.22. The molecule has 0 amide bonds. The molecule has 6 heteroatoms. The molecule has 0 N–H and O–H groups in total. The molecule has 0 saturated heterocycles. The monoisotopic (exact) mass is 450 g/mol. The molecule has 2 aliphatic rings. The van der Waals surface area contributed by atoms with Crippen LogP contribution in [-0.4, -0.2) is 77.1 Å². The number of rotatable bonds is 10. The first-order chi connectivity index (χ1) is 15.9. The first-order valence-corrected chi connectivity index (χ1v) is 12.7. The number of nitrogens with zero attached hydrogens (tertiary/aromatic N) is 6. The third-order valence-electron chi connectivity index (χ3n) is 6.77. The van der Waals surface area contributed by atoms with Gasteiger partial charge in [-0.2, -0.15) is 0 Å². The van der Waals surface area contributed by atoms with Crippen molar-refractivity contribution in [2.75, 3.05) is 45.8 Å². The van der Waals surface area contributed by atoms with Crippen LogP contribution in [0.5, 0.6) is 0 Å². The lowest BCUT2D eigenvalue weighted by molar-refractivity contribution is 0.429. The van der Waals surface area contributed by atoms with Crippen molar-refractivity contribution in [1.29, 1.82) is 0 Å². The van der Waals surface area contributed by atoms with Crippen LogP contribution in [0.25, 0.3) is 11.6 Å². The Morgan fingerprint density at radius 1 is 0.636 bits per heavy atom. The molecule has 0 aromatic heterocycles. The van der Waals surface area contributed by atoms with E-state index in [0.717, 1.165) is 74.8 Å². The van der Waals surface area contributed by atoms with Gasteiger partial charge in [-0.05, 0) is 67.5 Å². The summed E-state index contributed by atoms with van der Waals surface area (Å²) < 4.78 is 0. The molecule has 0 radical (unpaired) electrons. The Kier molecular flexibility index (Phi) is 7.88. The molecular formula is C27H42N6. The summed E-state index contributed by atoms with van der Waals surface area (Å²) in [6.07, 6.45) is 0. The number of amidine groups is 2. The van der Waals surface area contributed by atoms with Crippen LogP contribution in [0.2, 0.25) is 0 Å². The third-order valence-corrected chi connectivity index (χ3v) is 6.77. The van der Waals surface area contributed by atoms with Crippen molar-refractivity contribution in [3.63, 3.8) is 0 Å². The molecule has 0 fully saturated rings. The Bertz CT molecular complexity index is 1070. The molecule has 0 unspecified atom stereocenters. The molecule has 0 bridgehead atoms. The van der Waals surface area contributed by atoms with Crippen LogP contribution in [0.3, 0.4) is 0 Å². The van der Waals surface area contributed by atoms with Gasteiger partial charge in [0.1, 0.15) is 23.3 Å². The number of fused-ring (bicyclic) bond motifs is 2. The molecule has 6 nitrogen and oxygen atoms in total. The van der Waals surface area contributed by atoms with Crippen molar-refractivity contribution >= 4 is 23.3 Å². The highest BCUT2D eigenvalue weighted by Gasteiger charge is 2.29. The fourth-order valence-electron chi connectivity index (χ4n) is 4.88. The third kappa shape index (κ3) is 4.28. The van der Waals surface area contributed by atoms with Gasteiger partial charge in [-0.1, -0.05) is 6.58 Å². The molecular weight excluding hydrogens is 408 g/mol. The van der Waals surface area contributed by atoms with E-state index >= 15 is 0 Å². The average molecular weight is 451 g/mol. The lowest BCUT2D eigenvalue weighted by atomic mass is 10.0. The highest BCUT2D eigenvalue weighted by molar-refractivity contribution is 6.08. The minimum Gasteiger partial charge on any atom is -0.357 e. The van der Waals surface area contributed by atoms with Crippen LogP contribution in [0.4, 0.5) is 0 Å². The number of hydrogen-bond acceptors (Lipinski definition) is 6. The Labute approximate surface area is 200 Å². The molecule has 0 spiro atoms. The Hall–Kier alpha value is -2.76. The van der Waals surface area contributed by atoms with Crippen molar-refractivity contribution < 1.29 is 0 Å². The topological polar surface area (TPSA) is 37.7 Å². The Balaban J connectivity index is 2.39. The summed E-state index contributed by atoms with van der Waals surface area (Å²) in [5.41, 5.74) is 3.43. The van der Waals surface area contributed by atoms with E-state index in [1.165, 1.54) is 21.6 Å². The van der Waals surface area contributed by atoms with E-state index in [1.54, 1.807) is 0 Å². The van der Waals surface area contributed by atoms with Gasteiger partial charge in [0, 0.05) is 73.1 Å². The standard InChI is InChI=1S/C27H42N6/c1-10-30(11-2)24-20-17-22-23(18-21(20)25(28-24)31(12-3)13-4)27(33(16-7)19(8)9)29-26(22)32(14-5)15-6/h17-18H,8,10-16H2,1-7,9H3. The second-order valence-electron chi connectivity index (χ2n) is 8.46. The van der Waals surface area contributed by atoms with E-state index in [4.69, 9.17) is 9.98 Å². The first kappa shape index (κ1) is 24.9. The highest BCUT2D eigenvalue weighted by atomic mass is 15.3. The van der Waals surface area contributed by atoms with Gasteiger partial charge in [0.25, 0.3) is 0 Å². The van der Waals surface area contributed by atoms with Gasteiger partial charge in [-0.3, -0.25) is 0 Å². The van der Waals surface area contributed by atoms with E-state index in [0.29, 0.717) is 0 Å². The van der Waals surface area contributed by atoms with E-state index < -0.39 is 0 Å². The van der Waals surface area contributed by atoms with E-state index in [9.17, 15) is 0 Å². The molecule has 0 saturated carbocycles. The largest absolute Gasteiger partial charge is 0.357 e. The zero-order valence-electron chi connectivity index (χ0n) is 22.0. The average Bonchev–Trinajstić information content (AvgIpc) is 3.35. The minimum atomic E-state index is 0.837. The molecule has 1 aromatic carbocycles. The van der Waals surface area contributed by atoms with Gasteiger partial charge in [0.05, 0.1) is 0 Å². The summed E-state index contributed by atoms with van der Waals surface area (Å²) in [4.78, 5) is 19.7. The molecule has 0 atom stereocenters. The summed E-state index contributed by atoms with van der Waals surface area (Å²) in [7, 11) is 0. The lowest BCUT2D eigenvalue weighted by Gasteiger charge is -2.23. The van der Waals surface area contributed by atoms with Gasteiger partial charge < -0.3 is 19.6 Å². The van der Waals surface area contributed by atoms with E-state index in [2.05, 4.69) is 93.7 Å². The molecule has 180 valence electrons. The number of aliphatic imine (C=N–C) groups is 2. The van der Waals surface area contributed by atoms with Gasteiger partial charge in [-0.25, -0.2) is 9.98 Å². The van der Waals surface area contributed by atoms with Crippen LogP contribution in [0.15, 0.2) is 34.4 Å². The van der Waals surface area contributed by atoms with Crippen molar-refractivity contribution in [3.8, 4) is 0 Å². The van der Waals surface area contributed by atoms with Gasteiger partial charge in [-0.15, -0.1) is 0 Å². The summed E-state index contributed by atoms with van der Waals surface area (Å²) in [5, 5.41) is 2.40. The molecule has 2 heterocycles. The Morgan fingerprint density at radius 3 is 1.39 bits per heavy atom. The first-order valence-electron chi connectivity index (χ1n) is 12.7. The highest BCUT2D eigenvalue weighted by Crippen LogP contribution is 2.23. The minimum absolute atomic E-state index is 0.837. The van der Waals surface area contributed by atoms with Crippen molar-refractivity contribution in [3.05, 3.63) is 46.0 Å². The fourth-order valence-corrected chi connectivity index (χ4v) is 4.88. The molecule has 1 aromatic rings. The zero-order chi connectivity index (χ0) is 24.3. The van der Waals surface area contributed by atoms with Crippen molar-refractivity contribution in [2.45, 2.75) is 55.4 Å². The summed E-state index contributed by atoms with van der Waals surface area (Å²) in [6.45, 7) is 28.1. The lowest BCUT2D eigenvalue weighted by Crippen LogP contribution is -2.37. The molecule has 33 heavy (non-hydrogen) atoms. The normalized spacial score (nSPS) is 14.1. The smallest absolute Gasteiger partial charge is 0.143 e. The van der Waals surface area contributed by atoms with E-state index in [-0.39, 0.29) is 0 Å². The number of hydrogen-bond donors (Lipinski definition) is 0. The number of benzene rings is 1.